The molecule has 0 unspecified atom stereocenters. The molecule has 4 nitrogen and oxygen atoms in total. The van der Waals surface area contributed by atoms with Crippen molar-refractivity contribution in [1.29, 1.82) is 0 Å². The Balaban J connectivity index is 2.06. The molecule has 0 aliphatic heterocycles. The molecule has 1 aromatic heterocycles. The van der Waals surface area contributed by atoms with Crippen LogP contribution in [0.25, 0.3) is 0 Å². The minimum absolute atomic E-state index is 0.0811. The van der Waals surface area contributed by atoms with Crippen LogP contribution in [0.15, 0.2) is 23.0 Å². The molecule has 1 aromatic rings. The van der Waals surface area contributed by atoms with Crippen molar-refractivity contribution < 1.29 is 9.21 Å². The van der Waals surface area contributed by atoms with Crippen molar-refractivity contribution in [3.05, 3.63) is 24.2 Å². The van der Waals surface area contributed by atoms with Gasteiger partial charge in [0, 0.05) is 30.6 Å². The lowest BCUT2D eigenvalue weighted by molar-refractivity contribution is -0.128. The maximum Gasteiger partial charge on any atom is 0.225 e. The molecule has 0 saturated carbocycles. The summed E-state index contributed by atoms with van der Waals surface area (Å²) in [5.41, 5.74) is 0.798. The smallest absolute Gasteiger partial charge is 0.225 e. The van der Waals surface area contributed by atoms with Gasteiger partial charge in [0.05, 0.1) is 12.5 Å². The molecular formula is C12H20N2O2. The van der Waals surface area contributed by atoms with Crippen LogP contribution in [-0.2, 0) is 11.3 Å². The highest BCUT2D eigenvalue weighted by Gasteiger charge is 2.19. The number of hydrogen-bond donors (Lipinski definition) is 2. The molecule has 1 rings (SSSR count). The topological polar surface area (TPSA) is 54.3 Å². The standard InChI is InChI=1S/C12H20N2O2/c1-12(2,3)11(15)14-6-5-13-8-10-4-7-16-9-10/h4,7,9,13H,5-6,8H2,1-3H3,(H,14,15). The summed E-state index contributed by atoms with van der Waals surface area (Å²) >= 11 is 0. The first-order valence-electron chi connectivity index (χ1n) is 5.50. The van der Waals surface area contributed by atoms with Crippen LogP contribution in [-0.4, -0.2) is 19.0 Å². The van der Waals surface area contributed by atoms with Gasteiger partial charge in [0.1, 0.15) is 0 Å². The Morgan fingerprint density at radius 3 is 2.69 bits per heavy atom. The molecule has 90 valence electrons. The van der Waals surface area contributed by atoms with Crippen LogP contribution in [0.3, 0.4) is 0 Å². The van der Waals surface area contributed by atoms with Crippen LogP contribution < -0.4 is 10.6 Å². The molecule has 0 fully saturated rings. The lowest BCUT2D eigenvalue weighted by Crippen LogP contribution is -2.38. The van der Waals surface area contributed by atoms with Gasteiger partial charge in [-0.1, -0.05) is 20.8 Å². The second-order valence-electron chi connectivity index (χ2n) is 4.81. The van der Waals surface area contributed by atoms with E-state index in [1.807, 2.05) is 26.8 Å². The average molecular weight is 224 g/mol. The molecule has 0 aliphatic carbocycles. The molecule has 16 heavy (non-hydrogen) atoms. The van der Waals surface area contributed by atoms with Crippen molar-refractivity contribution in [2.45, 2.75) is 27.3 Å². The first kappa shape index (κ1) is 12.8. The second-order valence-corrected chi connectivity index (χ2v) is 4.81. The fraction of sp³-hybridized carbons (Fsp3) is 0.583. The number of hydrogen-bond acceptors (Lipinski definition) is 3. The Kier molecular flexibility index (Phi) is 4.55. The molecule has 0 aliphatic rings. The Labute approximate surface area is 96.4 Å². The second kappa shape index (κ2) is 5.70. The molecule has 0 radical (unpaired) electrons. The summed E-state index contributed by atoms with van der Waals surface area (Å²) in [5.74, 6) is 0.0811. The average Bonchev–Trinajstić information content (AvgIpc) is 2.68. The number of furan rings is 1. The maximum absolute atomic E-state index is 11.5. The Morgan fingerprint density at radius 1 is 1.38 bits per heavy atom. The molecule has 1 amide bonds. The van der Waals surface area contributed by atoms with Gasteiger partial charge in [-0.2, -0.15) is 0 Å². The first-order valence-corrected chi connectivity index (χ1v) is 5.50. The van der Waals surface area contributed by atoms with Gasteiger partial charge in [-0.25, -0.2) is 0 Å². The quantitative estimate of drug-likeness (QED) is 0.746. The van der Waals surface area contributed by atoms with Gasteiger partial charge in [0.2, 0.25) is 5.91 Å². The molecule has 4 heteroatoms. The summed E-state index contributed by atoms with van der Waals surface area (Å²) < 4.78 is 4.94. The number of carbonyl (C=O) groups is 1. The van der Waals surface area contributed by atoms with Crippen molar-refractivity contribution in [3.63, 3.8) is 0 Å². The highest BCUT2D eigenvalue weighted by Crippen LogP contribution is 2.11. The van der Waals surface area contributed by atoms with E-state index >= 15 is 0 Å². The van der Waals surface area contributed by atoms with E-state index in [0.717, 1.165) is 18.7 Å². The van der Waals surface area contributed by atoms with E-state index in [1.54, 1.807) is 12.5 Å². The zero-order valence-corrected chi connectivity index (χ0v) is 10.2. The summed E-state index contributed by atoms with van der Waals surface area (Å²) in [6.45, 7) is 7.88. The molecule has 0 spiro atoms. The van der Waals surface area contributed by atoms with Crippen molar-refractivity contribution in [3.8, 4) is 0 Å². The third-order valence-corrected chi connectivity index (χ3v) is 2.18. The van der Waals surface area contributed by atoms with Crippen LogP contribution in [0.2, 0.25) is 0 Å². The van der Waals surface area contributed by atoms with Crippen LogP contribution in [0.5, 0.6) is 0 Å². The molecule has 0 aromatic carbocycles. The van der Waals surface area contributed by atoms with Gasteiger partial charge >= 0.3 is 0 Å². The monoisotopic (exact) mass is 224 g/mol. The van der Waals surface area contributed by atoms with Gasteiger partial charge in [-0.3, -0.25) is 4.79 Å². The van der Waals surface area contributed by atoms with E-state index < -0.39 is 0 Å². The molecular weight excluding hydrogens is 204 g/mol. The van der Waals surface area contributed by atoms with Crippen molar-refractivity contribution >= 4 is 5.91 Å². The van der Waals surface area contributed by atoms with Crippen LogP contribution in [0.4, 0.5) is 0 Å². The van der Waals surface area contributed by atoms with E-state index in [9.17, 15) is 4.79 Å². The van der Waals surface area contributed by atoms with Gasteiger partial charge in [-0.15, -0.1) is 0 Å². The number of nitrogens with one attached hydrogen (secondary N) is 2. The summed E-state index contributed by atoms with van der Waals surface area (Å²) in [5, 5.41) is 6.10. The van der Waals surface area contributed by atoms with E-state index in [-0.39, 0.29) is 11.3 Å². The first-order chi connectivity index (χ1) is 7.50. The lowest BCUT2D eigenvalue weighted by Gasteiger charge is -2.17. The Bertz CT molecular complexity index is 312. The summed E-state index contributed by atoms with van der Waals surface area (Å²) in [4.78, 5) is 11.5. The van der Waals surface area contributed by atoms with Gasteiger partial charge in [0.25, 0.3) is 0 Å². The maximum atomic E-state index is 11.5. The normalized spacial score (nSPS) is 11.4. The molecule has 1 heterocycles. The number of rotatable bonds is 5. The highest BCUT2D eigenvalue weighted by atomic mass is 16.3. The predicted octanol–water partition coefficient (Wildman–Crippen LogP) is 1.53. The number of carbonyl (C=O) groups excluding carboxylic acids is 1. The molecule has 0 atom stereocenters. The number of amides is 1. The molecule has 0 saturated heterocycles. The Hall–Kier alpha value is -1.29. The van der Waals surface area contributed by atoms with E-state index in [2.05, 4.69) is 10.6 Å². The Morgan fingerprint density at radius 2 is 2.12 bits per heavy atom. The van der Waals surface area contributed by atoms with Crippen molar-refractivity contribution in [1.82, 2.24) is 10.6 Å². The fourth-order valence-corrected chi connectivity index (χ4v) is 1.16. The van der Waals surface area contributed by atoms with Crippen molar-refractivity contribution in [2.24, 2.45) is 5.41 Å². The minimum Gasteiger partial charge on any atom is -0.472 e. The third kappa shape index (κ3) is 4.49. The summed E-state index contributed by atoms with van der Waals surface area (Å²) in [6, 6.07) is 1.92. The van der Waals surface area contributed by atoms with E-state index in [1.165, 1.54) is 0 Å². The lowest BCUT2D eigenvalue weighted by atomic mass is 9.96. The summed E-state index contributed by atoms with van der Waals surface area (Å²) in [6.07, 6.45) is 3.36. The zero-order valence-electron chi connectivity index (χ0n) is 10.2. The predicted molar refractivity (Wildman–Crippen MR) is 62.9 cm³/mol. The van der Waals surface area contributed by atoms with E-state index in [0.29, 0.717) is 6.54 Å². The third-order valence-electron chi connectivity index (χ3n) is 2.18. The zero-order chi connectivity index (χ0) is 12.0. The van der Waals surface area contributed by atoms with Crippen LogP contribution in [0, 0.1) is 5.41 Å². The van der Waals surface area contributed by atoms with E-state index in [4.69, 9.17) is 4.42 Å². The SMILES string of the molecule is CC(C)(C)C(=O)NCCNCc1ccoc1. The van der Waals surface area contributed by atoms with Gasteiger partial charge < -0.3 is 15.1 Å². The summed E-state index contributed by atoms with van der Waals surface area (Å²) in [7, 11) is 0. The van der Waals surface area contributed by atoms with Gasteiger partial charge in [0.15, 0.2) is 0 Å². The largest absolute Gasteiger partial charge is 0.472 e. The fourth-order valence-electron chi connectivity index (χ4n) is 1.16. The van der Waals surface area contributed by atoms with Crippen LogP contribution in [0.1, 0.15) is 26.3 Å². The van der Waals surface area contributed by atoms with Gasteiger partial charge in [-0.05, 0) is 6.07 Å². The molecule has 2 N–H and O–H groups in total. The van der Waals surface area contributed by atoms with Crippen molar-refractivity contribution in [2.75, 3.05) is 13.1 Å². The molecule has 0 bridgehead atoms. The minimum atomic E-state index is -0.315. The van der Waals surface area contributed by atoms with Crippen LogP contribution >= 0.6 is 0 Å². The highest BCUT2D eigenvalue weighted by molar-refractivity contribution is 5.81.